The molecule has 0 saturated carbocycles. The number of aliphatic carboxylic acids is 3. The van der Waals surface area contributed by atoms with Gasteiger partial charge in [-0.25, -0.2) is 29.1 Å². The molecule has 0 radical (unpaired) electrons. The van der Waals surface area contributed by atoms with Crippen LogP contribution in [0.25, 0.3) is 11.0 Å². The lowest BCUT2D eigenvalue weighted by Crippen LogP contribution is -2.59. The van der Waals surface area contributed by atoms with Crippen LogP contribution in [0, 0.1) is 0 Å². The van der Waals surface area contributed by atoms with Crippen molar-refractivity contribution in [1.29, 1.82) is 0 Å². The third kappa shape index (κ3) is 19.5. The minimum Gasteiger partial charge on any atom is -0.479 e. The fraction of sp³-hybridized carbons (Fsp3) is 0.519. The minimum atomic E-state index is -1.81. The number of hydrogen-bond donors (Lipinski definition) is 17. The number of carboxylic acid groups (broad SMARTS) is 3. The molecule has 0 aliphatic carbocycles. The topological polar surface area (TPSA) is 536 Å². The van der Waals surface area contributed by atoms with Crippen molar-refractivity contribution < 1.29 is 129 Å². The highest BCUT2D eigenvalue weighted by molar-refractivity contribution is 6.07. The van der Waals surface area contributed by atoms with Gasteiger partial charge in [-0.3, -0.25) is 14.5 Å². The van der Waals surface area contributed by atoms with E-state index in [1.807, 2.05) is 29.8 Å². The summed E-state index contributed by atoms with van der Waals surface area (Å²) in [7, 11) is 1.91. The zero-order valence-corrected chi connectivity index (χ0v) is 45.9. The van der Waals surface area contributed by atoms with Gasteiger partial charge in [-0.1, -0.05) is 32.3 Å². The van der Waals surface area contributed by atoms with E-state index < -0.39 is 116 Å². The lowest BCUT2D eigenvalue weighted by molar-refractivity contribution is -0.279. The average molecular weight is 1210 g/mol. The van der Waals surface area contributed by atoms with Crippen LogP contribution >= 0.6 is 0 Å². The second kappa shape index (κ2) is 33.3. The Morgan fingerprint density at radius 2 is 1.15 bits per heavy atom. The van der Waals surface area contributed by atoms with E-state index in [9.17, 15) is 28.8 Å². The molecular weight excluding hydrogens is 1140 g/mol. The zero-order valence-electron chi connectivity index (χ0n) is 45.9. The van der Waals surface area contributed by atoms with Crippen LogP contribution in [-0.4, -0.2) is 245 Å². The number of nitrogens with zero attached hydrogens (tertiary/aromatic N) is 5. The van der Waals surface area contributed by atoms with Crippen LogP contribution in [0.3, 0.4) is 0 Å². The van der Waals surface area contributed by atoms with E-state index in [1.54, 1.807) is 55.6 Å². The number of amides is 2. The van der Waals surface area contributed by atoms with Crippen LogP contribution in [0.1, 0.15) is 67.7 Å². The van der Waals surface area contributed by atoms with Crippen LogP contribution in [0.2, 0.25) is 0 Å². The average Bonchev–Trinajstić information content (AvgIpc) is 2.80. The van der Waals surface area contributed by atoms with Gasteiger partial charge >= 0.3 is 30.0 Å². The number of ether oxygens (including phenoxy) is 5. The summed E-state index contributed by atoms with van der Waals surface area (Å²) in [6, 6.07) is 17.9. The summed E-state index contributed by atoms with van der Waals surface area (Å²) in [5, 5.41) is 136. The van der Waals surface area contributed by atoms with Crippen molar-refractivity contribution >= 4 is 64.3 Å². The first-order valence-electron chi connectivity index (χ1n) is 26.2. The number of unbranched alkanes of at least 4 members (excludes halogenated alkanes) is 3. The summed E-state index contributed by atoms with van der Waals surface area (Å²) in [6.07, 6.45) is -21.2. The molecule has 15 atom stereocenters. The Morgan fingerprint density at radius 1 is 0.647 bits per heavy atom. The highest BCUT2D eigenvalue weighted by Gasteiger charge is 2.48. The van der Waals surface area contributed by atoms with Crippen LogP contribution in [-0.2, 0) is 56.5 Å². The molecule has 4 aromatic rings. The largest absolute Gasteiger partial charge is 0.479 e. The number of pyridine rings is 1. The molecule has 470 valence electrons. The van der Waals surface area contributed by atoms with Crippen LogP contribution in [0.15, 0.2) is 71.9 Å². The molecule has 2 aromatic heterocycles. The molecule has 2 amide bonds. The second-order valence-electron chi connectivity index (χ2n) is 18.9. The van der Waals surface area contributed by atoms with E-state index in [-0.39, 0.29) is 37.3 Å². The molecule has 3 fully saturated rings. The van der Waals surface area contributed by atoms with Gasteiger partial charge in [-0.05, 0) is 67.9 Å². The van der Waals surface area contributed by atoms with Gasteiger partial charge in [-0.15, -0.1) is 0 Å². The van der Waals surface area contributed by atoms with Crippen molar-refractivity contribution in [2.24, 2.45) is 17.8 Å². The first-order valence-corrected chi connectivity index (χ1v) is 26.2. The Hall–Kier alpha value is -7.45. The number of nitrogens with two attached hydrogens (primary N) is 1. The van der Waals surface area contributed by atoms with E-state index in [0.717, 1.165) is 42.7 Å². The van der Waals surface area contributed by atoms with Crippen molar-refractivity contribution in [3.63, 3.8) is 0 Å². The predicted octanol–water partition coefficient (Wildman–Crippen LogP) is -3.78. The molecule has 33 heteroatoms. The number of aromatic nitrogens is 3. The number of imidazole rings is 1. The number of esters is 1. The molecule has 3 aliphatic heterocycles. The maximum absolute atomic E-state index is 13.6. The normalized spacial score (nSPS) is 27.2. The Balaban J connectivity index is 0.000000316. The number of nitrogens with one attached hydrogen (secondary N) is 1. The van der Waals surface area contributed by atoms with Gasteiger partial charge in [0.2, 0.25) is 0 Å². The predicted molar refractivity (Wildman–Crippen MR) is 287 cm³/mol. The smallest absolute Gasteiger partial charge is 0.435 e. The van der Waals surface area contributed by atoms with Crippen molar-refractivity contribution in [3.8, 4) is 0 Å². The molecule has 0 spiro atoms. The Labute approximate surface area is 482 Å². The van der Waals surface area contributed by atoms with Gasteiger partial charge in [0.1, 0.15) is 72.4 Å². The number of benzene rings is 2. The molecule has 3 aliphatic rings. The lowest BCUT2D eigenvalue weighted by Gasteiger charge is -2.36. The number of fused-ring (bicyclic) bond motifs is 1. The molecule has 33 nitrogen and oxygen atoms in total. The van der Waals surface area contributed by atoms with Crippen molar-refractivity contribution in [2.75, 3.05) is 30.0 Å². The van der Waals surface area contributed by atoms with Crippen LogP contribution in [0.5, 0.6) is 0 Å². The molecule has 85 heavy (non-hydrogen) atoms. The SMILES string of the molecule is CCCCCCOC(=O)/N=C(/N)c1ccc(NCc2nc3cc(C(=O)N(CCC(=O)OCC)c4ccccn4)ccc3n2C)cc1.O=C(O)[C@H]1O[C@@H](O)[C@H](O)[C@@H](O)[C@@H]1O.O=C(O)[C@H]1O[C@@H](O)[C@H](O)[C@@H](O)[C@@H]1O.O=C(O)[C@H]1O[C@@H](O)[C@H](O)[C@@H](O)[C@@H]1O. The Kier molecular flexibility index (Phi) is 27.4. The molecule has 3 saturated heterocycles. The summed E-state index contributed by atoms with van der Waals surface area (Å²) in [5.41, 5.74) is 9.40. The van der Waals surface area contributed by atoms with Gasteiger partial charge in [-0.2, -0.15) is 4.99 Å². The standard InChI is InChI=1S/C34H41N7O5.3C6H10O7/c1-4-6-7-10-21-46-34(44)39-32(35)24-12-15-26(16-13-24)37-23-30-38-27-22-25(14-17-28(27)40(30)3)33(43)41(20-18-31(42)45-5-2)29-11-8-9-19-36-29;3*7-1-2(8)4(5(10)11)13-6(12)3(1)9/h8-9,11-17,19,22,37H,4-7,10,18,20-21,23H2,1-3H3,(H2,35,39,44);3*1-4,6-9,12H,(H,10,11)/t;3*1-,2-,3+,4-,6+/m.000/s1. The highest BCUT2D eigenvalue weighted by Crippen LogP contribution is 2.24. The van der Waals surface area contributed by atoms with Crippen molar-refractivity contribution in [2.45, 2.75) is 145 Å². The van der Waals surface area contributed by atoms with Gasteiger partial charge in [0.05, 0.1) is 37.2 Å². The number of carboxylic acids is 3. The highest BCUT2D eigenvalue weighted by atomic mass is 16.7. The number of aliphatic imine (C=N–C) groups is 1. The van der Waals surface area contributed by atoms with Crippen LogP contribution < -0.4 is 16.0 Å². The minimum absolute atomic E-state index is 0.0455. The Morgan fingerprint density at radius 3 is 1.61 bits per heavy atom. The van der Waals surface area contributed by atoms with E-state index in [0.29, 0.717) is 35.6 Å². The monoisotopic (exact) mass is 1210 g/mol. The maximum atomic E-state index is 13.6. The number of aliphatic hydroxyl groups excluding tert-OH is 12. The number of amidine groups is 1. The number of carbonyl (C=O) groups excluding carboxylic acids is 3. The van der Waals surface area contributed by atoms with E-state index >= 15 is 0 Å². The number of anilines is 2. The van der Waals surface area contributed by atoms with Crippen LogP contribution in [0.4, 0.5) is 16.3 Å². The Bertz CT molecular complexity index is 2740. The van der Waals surface area contributed by atoms with Crippen molar-refractivity contribution in [3.05, 3.63) is 83.8 Å². The molecule has 2 aromatic carbocycles. The van der Waals surface area contributed by atoms with E-state index in [1.165, 1.54) is 4.90 Å². The molecule has 0 unspecified atom stereocenters. The maximum Gasteiger partial charge on any atom is 0.435 e. The molecule has 7 rings (SSSR count). The fourth-order valence-corrected chi connectivity index (χ4v) is 7.99. The van der Waals surface area contributed by atoms with Gasteiger partial charge in [0, 0.05) is 36.6 Å². The third-order valence-corrected chi connectivity index (χ3v) is 12.8. The van der Waals surface area contributed by atoms with Gasteiger partial charge in [0.25, 0.3) is 5.91 Å². The summed E-state index contributed by atoms with van der Waals surface area (Å²) in [4.78, 5) is 83.2. The van der Waals surface area contributed by atoms with Gasteiger partial charge in [0.15, 0.2) is 37.2 Å². The number of aryl methyl sites for hydroxylation is 1. The molecule has 5 heterocycles. The first-order chi connectivity index (χ1) is 40.1. The summed E-state index contributed by atoms with van der Waals surface area (Å²) in [6.45, 7) is 5.02. The number of carbonyl (C=O) groups is 6. The fourth-order valence-electron chi connectivity index (χ4n) is 7.99. The first kappa shape index (κ1) is 70.0. The molecule has 0 bridgehead atoms. The summed E-state index contributed by atoms with van der Waals surface area (Å²) in [5.74, 6) is -3.93. The lowest BCUT2D eigenvalue weighted by atomic mass is 9.99. The third-order valence-electron chi connectivity index (χ3n) is 12.8. The summed E-state index contributed by atoms with van der Waals surface area (Å²) >= 11 is 0. The molecular formula is C52H71N7O26. The number of rotatable bonds is 18. The van der Waals surface area contributed by atoms with E-state index in [2.05, 4.69) is 36.4 Å². The number of hydrogen-bond acceptors (Lipinski definition) is 26. The van der Waals surface area contributed by atoms with Crippen molar-refractivity contribution in [1.82, 2.24) is 14.5 Å². The molecule has 18 N–H and O–H groups in total. The number of aliphatic hydroxyl groups is 12. The quantitative estimate of drug-likeness (QED) is 0.0197. The summed E-state index contributed by atoms with van der Waals surface area (Å²) < 4.78 is 25.2. The van der Waals surface area contributed by atoms with Gasteiger partial charge < -0.3 is 116 Å². The second-order valence-corrected chi connectivity index (χ2v) is 18.9. The van der Waals surface area contributed by atoms with E-state index in [4.69, 9.17) is 96.8 Å². The zero-order chi connectivity index (χ0) is 63.4.